The van der Waals surface area contributed by atoms with Gasteiger partial charge in [-0.3, -0.25) is 4.79 Å². The minimum Gasteiger partial charge on any atom is -0.494 e. The van der Waals surface area contributed by atoms with Gasteiger partial charge in [-0.15, -0.1) is 0 Å². The summed E-state index contributed by atoms with van der Waals surface area (Å²) in [4.78, 5) is 12.1. The summed E-state index contributed by atoms with van der Waals surface area (Å²) < 4.78 is 18.4. The van der Waals surface area contributed by atoms with Gasteiger partial charge in [-0.2, -0.15) is 0 Å². The lowest BCUT2D eigenvalue weighted by Crippen LogP contribution is -2.34. The molecule has 0 aromatic heterocycles. The average Bonchev–Trinajstić information content (AvgIpc) is 2.93. The summed E-state index contributed by atoms with van der Waals surface area (Å²) >= 11 is 0. The molecule has 0 heterocycles. The second-order valence-electron chi connectivity index (χ2n) is 5.22. The number of benzene rings is 1. The van der Waals surface area contributed by atoms with Crippen molar-refractivity contribution in [1.82, 2.24) is 5.32 Å². The Balaban J connectivity index is 1.91. The van der Waals surface area contributed by atoms with Crippen LogP contribution >= 0.6 is 0 Å². The van der Waals surface area contributed by atoms with Crippen molar-refractivity contribution in [3.05, 3.63) is 29.6 Å². The predicted octanol–water partition coefficient (Wildman–Crippen LogP) is 1.83. The third-order valence-electron chi connectivity index (χ3n) is 3.98. The van der Waals surface area contributed by atoms with Crippen LogP contribution in [0, 0.1) is 17.7 Å². The molecule has 1 aliphatic carbocycles. The molecule has 0 bridgehead atoms. The van der Waals surface area contributed by atoms with E-state index in [1.165, 1.54) is 13.2 Å². The molecular weight excluding hydrogens is 259 g/mol. The maximum absolute atomic E-state index is 13.5. The van der Waals surface area contributed by atoms with Crippen molar-refractivity contribution in [2.45, 2.75) is 25.8 Å². The maximum Gasteiger partial charge on any atom is 0.223 e. The van der Waals surface area contributed by atoms with Crippen LogP contribution in [0.25, 0.3) is 0 Å². The van der Waals surface area contributed by atoms with Crippen molar-refractivity contribution in [2.24, 2.45) is 17.6 Å². The van der Waals surface area contributed by atoms with Crippen LogP contribution in [0.5, 0.6) is 5.75 Å². The second kappa shape index (κ2) is 6.70. The Kier molecular flexibility index (Phi) is 4.95. The van der Waals surface area contributed by atoms with Crippen LogP contribution in [0.15, 0.2) is 18.2 Å². The highest BCUT2D eigenvalue weighted by Gasteiger charge is 2.31. The van der Waals surface area contributed by atoms with Gasteiger partial charge >= 0.3 is 0 Å². The number of methoxy groups -OCH3 is 1. The van der Waals surface area contributed by atoms with Gasteiger partial charge in [-0.25, -0.2) is 4.39 Å². The number of nitrogens with one attached hydrogen (secondary N) is 1. The van der Waals surface area contributed by atoms with E-state index < -0.39 is 5.82 Å². The number of carbonyl (C=O) groups is 1. The van der Waals surface area contributed by atoms with Crippen molar-refractivity contribution in [3.63, 3.8) is 0 Å². The molecule has 0 saturated heterocycles. The van der Waals surface area contributed by atoms with E-state index in [0.717, 1.165) is 24.8 Å². The molecule has 4 nitrogen and oxygen atoms in total. The molecule has 1 saturated carbocycles. The van der Waals surface area contributed by atoms with E-state index in [1.807, 2.05) is 0 Å². The van der Waals surface area contributed by atoms with Crippen LogP contribution in [-0.4, -0.2) is 19.6 Å². The van der Waals surface area contributed by atoms with Crippen LogP contribution < -0.4 is 15.8 Å². The van der Waals surface area contributed by atoms with E-state index in [0.29, 0.717) is 13.1 Å². The molecule has 0 aliphatic heterocycles. The van der Waals surface area contributed by atoms with Crippen LogP contribution in [0.2, 0.25) is 0 Å². The molecule has 1 aromatic carbocycles. The van der Waals surface area contributed by atoms with Crippen molar-refractivity contribution in [2.75, 3.05) is 13.7 Å². The smallest absolute Gasteiger partial charge is 0.223 e. The molecule has 2 atom stereocenters. The zero-order chi connectivity index (χ0) is 14.5. The summed E-state index contributed by atoms with van der Waals surface area (Å²) in [6.07, 6.45) is 2.97. The Morgan fingerprint density at radius 1 is 1.50 bits per heavy atom. The number of amides is 1. The van der Waals surface area contributed by atoms with Crippen molar-refractivity contribution < 1.29 is 13.9 Å². The Morgan fingerprint density at radius 3 is 2.95 bits per heavy atom. The quantitative estimate of drug-likeness (QED) is 0.865. The minimum absolute atomic E-state index is 0.00287. The van der Waals surface area contributed by atoms with Gasteiger partial charge in [0.05, 0.1) is 7.11 Å². The average molecular weight is 280 g/mol. The van der Waals surface area contributed by atoms with Crippen molar-refractivity contribution in [1.29, 1.82) is 0 Å². The van der Waals surface area contributed by atoms with Gasteiger partial charge < -0.3 is 15.8 Å². The zero-order valence-corrected chi connectivity index (χ0v) is 11.7. The fourth-order valence-electron chi connectivity index (χ4n) is 2.80. The second-order valence-corrected chi connectivity index (χ2v) is 5.22. The van der Waals surface area contributed by atoms with E-state index in [9.17, 15) is 9.18 Å². The van der Waals surface area contributed by atoms with Gasteiger partial charge in [0.1, 0.15) is 0 Å². The summed E-state index contributed by atoms with van der Waals surface area (Å²) in [5.74, 6) is 0.0962. The van der Waals surface area contributed by atoms with Gasteiger partial charge in [0, 0.05) is 12.5 Å². The summed E-state index contributed by atoms with van der Waals surface area (Å²) in [6.45, 7) is 0.878. The van der Waals surface area contributed by atoms with E-state index in [1.54, 1.807) is 12.1 Å². The number of hydrogen-bond donors (Lipinski definition) is 2. The Hall–Kier alpha value is -1.62. The van der Waals surface area contributed by atoms with Crippen LogP contribution in [0.1, 0.15) is 24.8 Å². The molecule has 3 N–H and O–H groups in total. The molecule has 1 aliphatic rings. The normalized spacial score (nSPS) is 21.8. The molecule has 110 valence electrons. The Bertz CT molecular complexity index is 479. The molecule has 1 amide bonds. The maximum atomic E-state index is 13.5. The lowest BCUT2D eigenvalue weighted by molar-refractivity contribution is -0.126. The Morgan fingerprint density at radius 2 is 2.30 bits per heavy atom. The van der Waals surface area contributed by atoms with Crippen LogP contribution in [-0.2, 0) is 11.3 Å². The largest absolute Gasteiger partial charge is 0.494 e. The van der Waals surface area contributed by atoms with Crippen molar-refractivity contribution in [3.8, 4) is 5.75 Å². The Labute approximate surface area is 118 Å². The minimum atomic E-state index is -0.417. The van der Waals surface area contributed by atoms with Crippen LogP contribution in [0.4, 0.5) is 4.39 Å². The SMILES string of the molecule is COc1ccc(CNC(=O)[C@@H]2CCC[C@@H]2CN)cc1F. The number of hydrogen-bond acceptors (Lipinski definition) is 3. The molecule has 0 radical (unpaired) electrons. The number of halogens is 1. The fourth-order valence-corrected chi connectivity index (χ4v) is 2.80. The standard InChI is InChI=1S/C15H21FN2O2/c1-20-14-6-5-10(7-13(14)16)9-18-15(19)12-4-2-3-11(12)8-17/h5-7,11-12H,2-4,8-9,17H2,1H3,(H,18,19)/t11-,12-/m1/s1. The summed E-state index contributed by atoms with van der Waals surface area (Å²) in [5, 5.41) is 2.87. The first kappa shape index (κ1) is 14.8. The van der Waals surface area contributed by atoms with Gasteiger partial charge in [0.2, 0.25) is 5.91 Å². The molecular formula is C15H21FN2O2. The number of ether oxygens (including phenoxy) is 1. The molecule has 2 rings (SSSR count). The molecule has 1 aromatic rings. The van der Waals surface area contributed by atoms with Gasteiger partial charge in [0.25, 0.3) is 0 Å². The molecule has 0 spiro atoms. The number of nitrogens with two attached hydrogens (primary N) is 1. The first-order valence-electron chi connectivity index (χ1n) is 6.96. The van der Waals surface area contributed by atoms with Crippen molar-refractivity contribution >= 4 is 5.91 Å². The summed E-state index contributed by atoms with van der Waals surface area (Å²) in [6, 6.07) is 4.69. The zero-order valence-electron chi connectivity index (χ0n) is 11.7. The monoisotopic (exact) mass is 280 g/mol. The van der Waals surface area contributed by atoms with E-state index in [2.05, 4.69) is 5.32 Å². The first-order chi connectivity index (χ1) is 9.65. The highest BCUT2D eigenvalue weighted by Crippen LogP contribution is 2.31. The lowest BCUT2D eigenvalue weighted by Gasteiger charge is -2.17. The van der Waals surface area contributed by atoms with Gasteiger partial charge in [-0.1, -0.05) is 12.5 Å². The van der Waals surface area contributed by atoms with E-state index >= 15 is 0 Å². The highest BCUT2D eigenvalue weighted by molar-refractivity contribution is 5.79. The molecule has 5 heteroatoms. The van der Waals surface area contributed by atoms with E-state index in [-0.39, 0.29) is 23.5 Å². The predicted molar refractivity (Wildman–Crippen MR) is 74.7 cm³/mol. The molecule has 0 unspecified atom stereocenters. The molecule has 1 fully saturated rings. The highest BCUT2D eigenvalue weighted by atomic mass is 19.1. The summed E-state index contributed by atoms with van der Waals surface area (Å²) in [5.41, 5.74) is 6.40. The first-order valence-corrected chi connectivity index (χ1v) is 6.96. The topological polar surface area (TPSA) is 64.3 Å². The van der Waals surface area contributed by atoms with Gasteiger partial charge in [0.15, 0.2) is 11.6 Å². The third-order valence-corrected chi connectivity index (χ3v) is 3.98. The molecule has 20 heavy (non-hydrogen) atoms. The van der Waals surface area contributed by atoms with Crippen LogP contribution in [0.3, 0.4) is 0 Å². The number of carbonyl (C=O) groups excluding carboxylic acids is 1. The third kappa shape index (κ3) is 3.28. The van der Waals surface area contributed by atoms with E-state index in [4.69, 9.17) is 10.5 Å². The summed E-state index contributed by atoms with van der Waals surface area (Å²) in [7, 11) is 1.42. The fraction of sp³-hybridized carbons (Fsp3) is 0.533. The lowest BCUT2D eigenvalue weighted by atomic mass is 9.95. The van der Waals surface area contributed by atoms with Gasteiger partial charge in [-0.05, 0) is 43.0 Å². The number of rotatable bonds is 5.